The van der Waals surface area contributed by atoms with Gasteiger partial charge in [0, 0.05) is 23.0 Å². The van der Waals surface area contributed by atoms with Crippen LogP contribution in [-0.2, 0) is 4.79 Å². The molecule has 0 fully saturated rings. The maximum Gasteiger partial charge on any atom is 0.303 e. The van der Waals surface area contributed by atoms with Crippen molar-refractivity contribution in [2.24, 2.45) is 5.92 Å². The number of rotatable bonds is 6. The third-order valence-electron chi connectivity index (χ3n) is 3.03. The SMILES string of the molecule is CCC(CNC(=O)c1ccc(C)c(Br)c1)CC(=O)O. The van der Waals surface area contributed by atoms with Crippen molar-refractivity contribution in [1.29, 1.82) is 0 Å². The summed E-state index contributed by atoms with van der Waals surface area (Å²) in [5.41, 5.74) is 1.64. The molecule has 0 aromatic heterocycles. The molecule has 0 bridgehead atoms. The molecular weight excluding hydrogens is 310 g/mol. The summed E-state index contributed by atoms with van der Waals surface area (Å²) < 4.78 is 0.887. The summed E-state index contributed by atoms with van der Waals surface area (Å²) in [6.07, 6.45) is 0.804. The molecule has 0 radical (unpaired) electrons. The molecule has 0 spiro atoms. The predicted octanol–water partition coefficient (Wildman–Crippen LogP) is 2.99. The van der Waals surface area contributed by atoms with Crippen LogP contribution in [0.2, 0.25) is 0 Å². The number of carbonyl (C=O) groups is 2. The number of halogens is 1. The van der Waals surface area contributed by atoms with E-state index >= 15 is 0 Å². The van der Waals surface area contributed by atoms with Crippen molar-refractivity contribution in [2.45, 2.75) is 26.7 Å². The fourth-order valence-electron chi connectivity index (χ4n) is 1.68. The van der Waals surface area contributed by atoms with E-state index in [1.54, 1.807) is 12.1 Å². The molecule has 104 valence electrons. The van der Waals surface area contributed by atoms with Gasteiger partial charge in [0.05, 0.1) is 0 Å². The molecule has 19 heavy (non-hydrogen) atoms. The average molecular weight is 328 g/mol. The molecule has 0 saturated carbocycles. The minimum absolute atomic E-state index is 0.0321. The second kappa shape index (κ2) is 7.28. The highest BCUT2D eigenvalue weighted by molar-refractivity contribution is 9.10. The summed E-state index contributed by atoms with van der Waals surface area (Å²) in [6, 6.07) is 5.39. The first-order valence-corrected chi connectivity index (χ1v) is 6.99. The molecule has 4 nitrogen and oxygen atoms in total. The van der Waals surface area contributed by atoms with E-state index in [-0.39, 0.29) is 18.2 Å². The Labute approximate surface area is 121 Å². The van der Waals surface area contributed by atoms with Gasteiger partial charge in [-0.15, -0.1) is 0 Å². The van der Waals surface area contributed by atoms with Crippen LogP contribution in [0.15, 0.2) is 22.7 Å². The van der Waals surface area contributed by atoms with Gasteiger partial charge >= 0.3 is 5.97 Å². The van der Waals surface area contributed by atoms with E-state index in [0.717, 1.165) is 16.5 Å². The van der Waals surface area contributed by atoms with Crippen molar-refractivity contribution in [3.05, 3.63) is 33.8 Å². The molecule has 5 heteroatoms. The minimum atomic E-state index is -0.834. The molecule has 0 aliphatic rings. The lowest BCUT2D eigenvalue weighted by molar-refractivity contribution is -0.138. The minimum Gasteiger partial charge on any atom is -0.481 e. The van der Waals surface area contributed by atoms with Crippen molar-refractivity contribution in [2.75, 3.05) is 6.54 Å². The lowest BCUT2D eigenvalue weighted by atomic mass is 10.0. The molecule has 0 heterocycles. The summed E-state index contributed by atoms with van der Waals surface area (Å²) in [5, 5.41) is 11.5. The third kappa shape index (κ3) is 5.03. The summed E-state index contributed by atoms with van der Waals surface area (Å²) in [7, 11) is 0. The number of nitrogens with one attached hydrogen (secondary N) is 1. The van der Waals surface area contributed by atoms with Gasteiger partial charge in [0.1, 0.15) is 0 Å². The second-order valence-electron chi connectivity index (χ2n) is 4.55. The Morgan fingerprint density at radius 1 is 1.42 bits per heavy atom. The highest BCUT2D eigenvalue weighted by Gasteiger charge is 2.13. The van der Waals surface area contributed by atoms with Crippen LogP contribution in [0, 0.1) is 12.8 Å². The Morgan fingerprint density at radius 3 is 2.63 bits per heavy atom. The van der Waals surface area contributed by atoms with Crippen molar-refractivity contribution >= 4 is 27.8 Å². The highest BCUT2D eigenvalue weighted by atomic mass is 79.9. The molecule has 1 rings (SSSR count). The zero-order valence-electron chi connectivity index (χ0n) is 11.1. The van der Waals surface area contributed by atoms with Crippen molar-refractivity contribution in [1.82, 2.24) is 5.32 Å². The maximum absolute atomic E-state index is 11.9. The Kier molecular flexibility index (Phi) is 6.02. The summed E-state index contributed by atoms with van der Waals surface area (Å²) in [6.45, 7) is 4.25. The average Bonchev–Trinajstić information content (AvgIpc) is 2.36. The van der Waals surface area contributed by atoms with E-state index in [9.17, 15) is 9.59 Å². The van der Waals surface area contributed by atoms with Gasteiger partial charge in [0.25, 0.3) is 5.91 Å². The van der Waals surface area contributed by atoms with Gasteiger partial charge in [0.2, 0.25) is 0 Å². The van der Waals surface area contributed by atoms with Crippen molar-refractivity contribution < 1.29 is 14.7 Å². The van der Waals surface area contributed by atoms with Crippen molar-refractivity contribution in [3.8, 4) is 0 Å². The van der Waals surface area contributed by atoms with Gasteiger partial charge < -0.3 is 10.4 Å². The van der Waals surface area contributed by atoms with Crippen LogP contribution in [0.25, 0.3) is 0 Å². The van der Waals surface area contributed by atoms with Crippen LogP contribution < -0.4 is 5.32 Å². The molecule has 2 N–H and O–H groups in total. The van der Waals surface area contributed by atoms with Crippen LogP contribution in [-0.4, -0.2) is 23.5 Å². The number of hydrogen-bond acceptors (Lipinski definition) is 2. The molecule has 1 atom stereocenters. The summed E-state index contributed by atoms with van der Waals surface area (Å²) >= 11 is 3.38. The van der Waals surface area contributed by atoms with Gasteiger partial charge in [-0.3, -0.25) is 9.59 Å². The molecule has 1 aromatic carbocycles. The Bertz CT molecular complexity index is 474. The van der Waals surface area contributed by atoms with E-state index in [0.29, 0.717) is 12.1 Å². The molecular formula is C14H18BrNO3. The van der Waals surface area contributed by atoms with E-state index in [1.807, 2.05) is 19.9 Å². The van der Waals surface area contributed by atoms with E-state index in [2.05, 4.69) is 21.2 Å². The Balaban J connectivity index is 2.59. The first kappa shape index (κ1) is 15.7. The third-order valence-corrected chi connectivity index (χ3v) is 3.88. The van der Waals surface area contributed by atoms with Crippen LogP contribution >= 0.6 is 15.9 Å². The number of aryl methyl sites for hydroxylation is 1. The topological polar surface area (TPSA) is 66.4 Å². The Morgan fingerprint density at radius 2 is 2.11 bits per heavy atom. The fraction of sp³-hybridized carbons (Fsp3) is 0.429. The van der Waals surface area contributed by atoms with Crippen LogP contribution in [0.4, 0.5) is 0 Å². The quantitative estimate of drug-likeness (QED) is 0.844. The largest absolute Gasteiger partial charge is 0.481 e. The standard InChI is InChI=1S/C14H18BrNO3/c1-3-10(6-13(17)18)8-16-14(19)11-5-4-9(2)12(15)7-11/h4-5,7,10H,3,6,8H2,1-2H3,(H,16,19)(H,17,18). The van der Waals surface area contributed by atoms with Crippen LogP contribution in [0.5, 0.6) is 0 Å². The summed E-state index contributed by atoms with van der Waals surface area (Å²) in [4.78, 5) is 22.6. The van der Waals surface area contributed by atoms with E-state index in [4.69, 9.17) is 5.11 Å². The monoisotopic (exact) mass is 327 g/mol. The lowest BCUT2D eigenvalue weighted by Crippen LogP contribution is -2.30. The normalized spacial score (nSPS) is 11.9. The number of aliphatic carboxylic acids is 1. The smallest absolute Gasteiger partial charge is 0.303 e. The highest BCUT2D eigenvalue weighted by Crippen LogP contribution is 2.17. The number of carbonyl (C=O) groups excluding carboxylic acids is 1. The number of hydrogen-bond donors (Lipinski definition) is 2. The molecule has 1 aromatic rings. The molecule has 1 unspecified atom stereocenters. The van der Waals surface area contributed by atoms with Crippen LogP contribution in [0.1, 0.15) is 35.7 Å². The number of carboxylic acids is 1. The van der Waals surface area contributed by atoms with E-state index < -0.39 is 5.97 Å². The van der Waals surface area contributed by atoms with Gasteiger partial charge in [-0.2, -0.15) is 0 Å². The Hall–Kier alpha value is -1.36. The van der Waals surface area contributed by atoms with E-state index in [1.165, 1.54) is 0 Å². The second-order valence-corrected chi connectivity index (χ2v) is 5.40. The molecule has 1 amide bonds. The maximum atomic E-state index is 11.9. The number of benzene rings is 1. The van der Waals surface area contributed by atoms with Gasteiger partial charge in [-0.05, 0) is 30.5 Å². The van der Waals surface area contributed by atoms with Gasteiger partial charge in [0.15, 0.2) is 0 Å². The van der Waals surface area contributed by atoms with Crippen molar-refractivity contribution in [3.63, 3.8) is 0 Å². The molecule has 0 aliphatic heterocycles. The first-order chi connectivity index (χ1) is 8.93. The summed E-state index contributed by atoms with van der Waals surface area (Å²) in [5.74, 6) is -1.04. The molecule has 0 aliphatic carbocycles. The van der Waals surface area contributed by atoms with Crippen LogP contribution in [0.3, 0.4) is 0 Å². The zero-order chi connectivity index (χ0) is 14.4. The predicted molar refractivity (Wildman–Crippen MR) is 77.2 cm³/mol. The number of amides is 1. The van der Waals surface area contributed by atoms with Gasteiger partial charge in [-0.1, -0.05) is 35.3 Å². The first-order valence-electron chi connectivity index (χ1n) is 6.20. The fourth-order valence-corrected chi connectivity index (χ4v) is 2.06. The zero-order valence-corrected chi connectivity index (χ0v) is 12.7. The van der Waals surface area contributed by atoms with Gasteiger partial charge in [-0.25, -0.2) is 0 Å². The number of carboxylic acid groups (broad SMARTS) is 1. The lowest BCUT2D eigenvalue weighted by Gasteiger charge is -2.13. The molecule has 0 saturated heterocycles.